The maximum absolute atomic E-state index is 12.6. The van der Waals surface area contributed by atoms with E-state index in [0.29, 0.717) is 11.8 Å². The predicted octanol–water partition coefficient (Wildman–Crippen LogP) is 1.79. The van der Waals surface area contributed by atoms with E-state index in [0.717, 1.165) is 51.9 Å². The zero-order valence-corrected chi connectivity index (χ0v) is 13.3. The third-order valence-electron chi connectivity index (χ3n) is 4.65. The highest BCUT2D eigenvalue weighted by molar-refractivity contribution is 5.79. The summed E-state index contributed by atoms with van der Waals surface area (Å²) in [5.74, 6) is 1.20. The zero-order chi connectivity index (χ0) is 15.4. The second kappa shape index (κ2) is 7.09. The van der Waals surface area contributed by atoms with Crippen LogP contribution in [0.3, 0.4) is 0 Å². The third kappa shape index (κ3) is 3.77. The Bertz CT molecular complexity index is 486. The van der Waals surface area contributed by atoms with Gasteiger partial charge in [-0.2, -0.15) is 0 Å². The van der Waals surface area contributed by atoms with Crippen molar-refractivity contribution in [2.45, 2.75) is 31.8 Å². The maximum atomic E-state index is 12.6. The molecular weight excluding hydrogens is 278 g/mol. The molecule has 0 bridgehead atoms. The Morgan fingerprint density at radius 1 is 1.23 bits per heavy atom. The SMILES string of the molecule is CN1CCC[C@H](C(=O)N2CCC(Oc3ccccn3)CC2)C1. The number of ether oxygens (including phenoxy) is 1. The van der Waals surface area contributed by atoms with Gasteiger partial charge in [-0.3, -0.25) is 4.79 Å². The van der Waals surface area contributed by atoms with Crippen molar-refractivity contribution in [1.82, 2.24) is 14.8 Å². The number of hydrogen-bond acceptors (Lipinski definition) is 4. The Morgan fingerprint density at radius 3 is 2.73 bits per heavy atom. The van der Waals surface area contributed by atoms with Crippen molar-refractivity contribution in [3.63, 3.8) is 0 Å². The van der Waals surface area contributed by atoms with E-state index in [-0.39, 0.29) is 12.0 Å². The van der Waals surface area contributed by atoms with E-state index in [1.165, 1.54) is 0 Å². The molecule has 5 nitrogen and oxygen atoms in total. The first-order valence-electron chi connectivity index (χ1n) is 8.27. The van der Waals surface area contributed by atoms with Crippen LogP contribution in [0.15, 0.2) is 24.4 Å². The average Bonchev–Trinajstić information content (AvgIpc) is 2.56. The molecule has 2 fully saturated rings. The largest absolute Gasteiger partial charge is 0.474 e. The number of aromatic nitrogens is 1. The summed E-state index contributed by atoms with van der Waals surface area (Å²) in [4.78, 5) is 21.1. The Kier molecular flexibility index (Phi) is 4.93. The molecule has 22 heavy (non-hydrogen) atoms. The summed E-state index contributed by atoms with van der Waals surface area (Å²) in [7, 11) is 2.10. The van der Waals surface area contributed by atoms with Crippen LogP contribution < -0.4 is 4.74 Å². The standard InChI is InChI=1S/C17H25N3O2/c1-19-10-4-5-14(13-19)17(21)20-11-7-15(8-12-20)22-16-6-2-3-9-18-16/h2-3,6,9,14-15H,4-5,7-8,10-13H2,1H3/t14-/m0/s1. The highest BCUT2D eigenvalue weighted by Gasteiger charge is 2.31. The molecule has 0 aliphatic carbocycles. The quantitative estimate of drug-likeness (QED) is 0.854. The molecule has 3 rings (SSSR count). The molecule has 1 amide bonds. The second-order valence-corrected chi connectivity index (χ2v) is 6.41. The molecule has 5 heteroatoms. The van der Waals surface area contributed by atoms with E-state index in [1.807, 2.05) is 23.1 Å². The number of pyridine rings is 1. The first kappa shape index (κ1) is 15.3. The van der Waals surface area contributed by atoms with Gasteiger partial charge in [-0.05, 0) is 32.5 Å². The van der Waals surface area contributed by atoms with Gasteiger partial charge in [-0.15, -0.1) is 0 Å². The van der Waals surface area contributed by atoms with Crippen LogP contribution in [0.2, 0.25) is 0 Å². The van der Waals surface area contributed by atoms with Gasteiger partial charge in [0.05, 0.1) is 5.92 Å². The van der Waals surface area contributed by atoms with Crippen molar-refractivity contribution in [3.8, 4) is 5.88 Å². The van der Waals surface area contributed by atoms with E-state index in [1.54, 1.807) is 6.20 Å². The summed E-state index contributed by atoms with van der Waals surface area (Å²) in [5.41, 5.74) is 0. The van der Waals surface area contributed by atoms with Gasteiger partial charge in [0.25, 0.3) is 0 Å². The summed E-state index contributed by atoms with van der Waals surface area (Å²) in [6, 6.07) is 5.70. The molecule has 3 heterocycles. The minimum Gasteiger partial charge on any atom is -0.474 e. The lowest BCUT2D eigenvalue weighted by molar-refractivity contribution is -0.139. The number of nitrogens with zero attached hydrogens (tertiary/aromatic N) is 3. The van der Waals surface area contributed by atoms with Gasteiger partial charge < -0.3 is 14.5 Å². The Hall–Kier alpha value is -1.62. The number of hydrogen-bond donors (Lipinski definition) is 0. The number of carbonyl (C=O) groups excluding carboxylic acids is 1. The van der Waals surface area contributed by atoms with Crippen LogP contribution in [0, 0.1) is 5.92 Å². The summed E-state index contributed by atoms with van der Waals surface area (Å²) >= 11 is 0. The number of carbonyl (C=O) groups is 1. The first-order chi connectivity index (χ1) is 10.7. The van der Waals surface area contributed by atoms with Crippen LogP contribution in [-0.4, -0.2) is 60.0 Å². The Labute approximate surface area is 132 Å². The summed E-state index contributed by atoms with van der Waals surface area (Å²) < 4.78 is 5.89. The van der Waals surface area contributed by atoms with Gasteiger partial charge in [0.2, 0.25) is 11.8 Å². The number of piperidine rings is 2. The van der Waals surface area contributed by atoms with Crippen LogP contribution in [-0.2, 0) is 4.79 Å². The smallest absolute Gasteiger partial charge is 0.226 e. The predicted molar refractivity (Wildman–Crippen MR) is 84.7 cm³/mol. The van der Waals surface area contributed by atoms with Gasteiger partial charge >= 0.3 is 0 Å². The van der Waals surface area contributed by atoms with Crippen molar-refractivity contribution < 1.29 is 9.53 Å². The van der Waals surface area contributed by atoms with Crippen LogP contribution >= 0.6 is 0 Å². The van der Waals surface area contributed by atoms with E-state index < -0.39 is 0 Å². The highest BCUT2D eigenvalue weighted by Crippen LogP contribution is 2.22. The minimum atomic E-state index is 0.174. The molecule has 0 spiro atoms. The molecule has 0 radical (unpaired) electrons. The second-order valence-electron chi connectivity index (χ2n) is 6.41. The molecule has 0 N–H and O–H groups in total. The molecule has 0 unspecified atom stereocenters. The van der Waals surface area contributed by atoms with E-state index in [4.69, 9.17) is 4.74 Å². The molecule has 2 saturated heterocycles. The third-order valence-corrected chi connectivity index (χ3v) is 4.65. The van der Waals surface area contributed by atoms with Gasteiger partial charge in [-0.1, -0.05) is 6.07 Å². The number of likely N-dealkylation sites (tertiary alicyclic amines) is 2. The van der Waals surface area contributed by atoms with Crippen LogP contribution in [0.4, 0.5) is 0 Å². The van der Waals surface area contributed by atoms with Crippen molar-refractivity contribution in [2.24, 2.45) is 5.92 Å². The van der Waals surface area contributed by atoms with Gasteiger partial charge in [0.1, 0.15) is 6.10 Å². The fourth-order valence-electron chi connectivity index (χ4n) is 3.41. The molecule has 120 valence electrons. The molecule has 1 aromatic rings. The van der Waals surface area contributed by atoms with E-state index in [9.17, 15) is 4.79 Å². The molecule has 1 aromatic heterocycles. The van der Waals surface area contributed by atoms with E-state index in [2.05, 4.69) is 16.9 Å². The molecule has 0 saturated carbocycles. The summed E-state index contributed by atoms with van der Waals surface area (Å²) in [6.07, 6.45) is 5.87. The summed E-state index contributed by atoms with van der Waals surface area (Å²) in [6.45, 7) is 3.63. The Morgan fingerprint density at radius 2 is 2.05 bits per heavy atom. The zero-order valence-electron chi connectivity index (χ0n) is 13.3. The summed E-state index contributed by atoms with van der Waals surface area (Å²) in [5, 5.41) is 0. The average molecular weight is 303 g/mol. The molecule has 2 aliphatic heterocycles. The van der Waals surface area contributed by atoms with Crippen molar-refractivity contribution in [3.05, 3.63) is 24.4 Å². The fraction of sp³-hybridized carbons (Fsp3) is 0.647. The normalized spacial score (nSPS) is 24.2. The van der Waals surface area contributed by atoms with Crippen molar-refractivity contribution in [2.75, 3.05) is 33.2 Å². The van der Waals surface area contributed by atoms with Crippen LogP contribution in [0.5, 0.6) is 5.88 Å². The molecule has 2 aliphatic rings. The van der Waals surface area contributed by atoms with Gasteiger partial charge in [-0.25, -0.2) is 4.98 Å². The molecule has 1 atom stereocenters. The maximum Gasteiger partial charge on any atom is 0.226 e. The highest BCUT2D eigenvalue weighted by atomic mass is 16.5. The van der Waals surface area contributed by atoms with Crippen LogP contribution in [0.1, 0.15) is 25.7 Å². The fourth-order valence-corrected chi connectivity index (χ4v) is 3.41. The van der Waals surface area contributed by atoms with Crippen molar-refractivity contribution in [1.29, 1.82) is 0 Å². The Balaban J connectivity index is 1.48. The molecule has 0 aromatic carbocycles. The number of amides is 1. The topological polar surface area (TPSA) is 45.7 Å². The lowest BCUT2D eigenvalue weighted by Crippen LogP contribution is -2.47. The first-order valence-corrected chi connectivity index (χ1v) is 8.27. The van der Waals surface area contributed by atoms with E-state index >= 15 is 0 Å². The van der Waals surface area contributed by atoms with Gasteiger partial charge in [0.15, 0.2) is 0 Å². The molecular formula is C17H25N3O2. The van der Waals surface area contributed by atoms with Crippen LogP contribution in [0.25, 0.3) is 0 Å². The lowest BCUT2D eigenvalue weighted by atomic mass is 9.95. The minimum absolute atomic E-state index is 0.174. The lowest BCUT2D eigenvalue weighted by Gasteiger charge is -2.36. The number of rotatable bonds is 3. The van der Waals surface area contributed by atoms with Crippen molar-refractivity contribution >= 4 is 5.91 Å². The monoisotopic (exact) mass is 303 g/mol. The van der Waals surface area contributed by atoms with Gasteiger partial charge in [0, 0.05) is 44.7 Å².